The fourth-order valence-electron chi connectivity index (χ4n) is 3.23. The van der Waals surface area contributed by atoms with E-state index in [0.29, 0.717) is 13.0 Å². The van der Waals surface area contributed by atoms with Gasteiger partial charge in [0.1, 0.15) is 5.60 Å². The number of ether oxygens (including phenoxy) is 2. The number of benzene rings is 2. The molecule has 6 nitrogen and oxygen atoms in total. The zero-order chi connectivity index (χ0) is 23.6. The van der Waals surface area contributed by atoms with Gasteiger partial charge in [-0.3, -0.25) is 14.4 Å². The van der Waals surface area contributed by atoms with Crippen molar-refractivity contribution in [2.24, 2.45) is 5.92 Å². The Kier molecular flexibility index (Phi) is 9.44. The van der Waals surface area contributed by atoms with Crippen molar-refractivity contribution in [2.45, 2.75) is 52.6 Å². The van der Waals surface area contributed by atoms with Crippen LogP contribution in [0.5, 0.6) is 0 Å². The smallest absolute Gasteiger partial charge is 0.307 e. The SMILES string of the molecule is CCOC(=O)CC(CC(=O)OC(C)(C)C)C(=O)NCCc1ccc(-c2ccccc2)cc1. The van der Waals surface area contributed by atoms with E-state index in [-0.39, 0.29) is 25.4 Å². The van der Waals surface area contributed by atoms with Crippen molar-refractivity contribution in [1.29, 1.82) is 0 Å². The Hall–Kier alpha value is -3.15. The lowest BCUT2D eigenvalue weighted by Crippen LogP contribution is -2.36. The minimum absolute atomic E-state index is 0.162. The molecule has 1 atom stereocenters. The first-order valence-electron chi connectivity index (χ1n) is 11.0. The quantitative estimate of drug-likeness (QED) is 0.558. The summed E-state index contributed by atoms with van der Waals surface area (Å²) < 4.78 is 10.3. The van der Waals surface area contributed by atoms with Crippen LogP contribution in [0.15, 0.2) is 54.6 Å². The number of hydrogen-bond donors (Lipinski definition) is 1. The second kappa shape index (κ2) is 12.0. The maximum absolute atomic E-state index is 12.7. The van der Waals surface area contributed by atoms with E-state index in [1.54, 1.807) is 27.7 Å². The van der Waals surface area contributed by atoms with E-state index in [1.165, 1.54) is 0 Å². The fraction of sp³-hybridized carbons (Fsp3) is 0.423. The lowest BCUT2D eigenvalue weighted by molar-refractivity contribution is -0.158. The van der Waals surface area contributed by atoms with Crippen LogP contribution in [0, 0.1) is 5.92 Å². The average molecular weight is 440 g/mol. The van der Waals surface area contributed by atoms with Crippen molar-refractivity contribution in [3.8, 4) is 11.1 Å². The summed E-state index contributed by atoms with van der Waals surface area (Å²) in [4.78, 5) is 36.8. The van der Waals surface area contributed by atoms with Gasteiger partial charge in [-0.15, -0.1) is 0 Å². The molecule has 0 aliphatic rings. The van der Waals surface area contributed by atoms with Gasteiger partial charge in [-0.25, -0.2) is 0 Å². The van der Waals surface area contributed by atoms with Crippen LogP contribution in [0.1, 0.15) is 46.1 Å². The Balaban J connectivity index is 1.92. The number of esters is 2. The first kappa shape index (κ1) is 25.1. The molecule has 6 heteroatoms. The molecule has 0 saturated heterocycles. The molecule has 172 valence electrons. The summed E-state index contributed by atoms with van der Waals surface area (Å²) in [5, 5.41) is 2.84. The Morgan fingerprint density at radius 2 is 1.47 bits per heavy atom. The monoisotopic (exact) mass is 439 g/mol. The predicted octanol–water partition coefficient (Wildman–Crippen LogP) is 4.31. The van der Waals surface area contributed by atoms with Crippen molar-refractivity contribution in [3.05, 3.63) is 60.2 Å². The molecule has 0 fully saturated rings. The highest BCUT2D eigenvalue weighted by atomic mass is 16.6. The van der Waals surface area contributed by atoms with Crippen molar-refractivity contribution < 1.29 is 23.9 Å². The van der Waals surface area contributed by atoms with Gasteiger partial charge in [-0.2, -0.15) is 0 Å². The molecule has 32 heavy (non-hydrogen) atoms. The molecular weight excluding hydrogens is 406 g/mol. The van der Waals surface area contributed by atoms with Crippen molar-refractivity contribution in [2.75, 3.05) is 13.2 Å². The van der Waals surface area contributed by atoms with Crippen LogP contribution in [0.25, 0.3) is 11.1 Å². The maximum Gasteiger partial charge on any atom is 0.307 e. The molecule has 2 rings (SSSR count). The van der Waals surface area contributed by atoms with Gasteiger partial charge in [-0.1, -0.05) is 54.6 Å². The largest absolute Gasteiger partial charge is 0.466 e. The average Bonchev–Trinajstić information content (AvgIpc) is 2.73. The summed E-state index contributed by atoms with van der Waals surface area (Å²) in [7, 11) is 0. The molecule has 1 N–H and O–H groups in total. The zero-order valence-electron chi connectivity index (χ0n) is 19.4. The molecular formula is C26H33NO5. The van der Waals surface area contributed by atoms with Gasteiger partial charge in [0, 0.05) is 6.54 Å². The number of hydrogen-bond acceptors (Lipinski definition) is 5. The summed E-state index contributed by atoms with van der Waals surface area (Å²) in [6.45, 7) is 7.59. The van der Waals surface area contributed by atoms with Crippen molar-refractivity contribution >= 4 is 17.8 Å². The first-order valence-corrected chi connectivity index (χ1v) is 11.0. The van der Waals surface area contributed by atoms with Gasteiger partial charge in [0.2, 0.25) is 5.91 Å². The van der Waals surface area contributed by atoms with Crippen molar-refractivity contribution in [3.63, 3.8) is 0 Å². The lowest BCUT2D eigenvalue weighted by atomic mass is 9.99. The van der Waals surface area contributed by atoms with Crippen LogP contribution in [0.2, 0.25) is 0 Å². The molecule has 1 unspecified atom stereocenters. The van der Waals surface area contributed by atoms with Gasteiger partial charge < -0.3 is 14.8 Å². The van der Waals surface area contributed by atoms with Crippen LogP contribution < -0.4 is 5.32 Å². The van der Waals surface area contributed by atoms with E-state index in [0.717, 1.165) is 16.7 Å². The zero-order valence-corrected chi connectivity index (χ0v) is 19.4. The second-order valence-corrected chi connectivity index (χ2v) is 8.60. The highest BCUT2D eigenvalue weighted by molar-refractivity contribution is 5.87. The Bertz CT molecular complexity index is 885. The Labute approximate surface area is 190 Å². The molecule has 0 aliphatic carbocycles. The van der Waals surface area contributed by atoms with Crippen LogP contribution in [-0.4, -0.2) is 36.6 Å². The highest BCUT2D eigenvalue weighted by Crippen LogP contribution is 2.19. The molecule has 0 spiro atoms. The number of nitrogens with one attached hydrogen (secondary N) is 1. The van der Waals surface area contributed by atoms with Crippen molar-refractivity contribution in [1.82, 2.24) is 5.32 Å². The lowest BCUT2D eigenvalue weighted by Gasteiger charge is -2.22. The minimum atomic E-state index is -0.829. The first-order chi connectivity index (χ1) is 15.2. The minimum Gasteiger partial charge on any atom is -0.466 e. The summed E-state index contributed by atoms with van der Waals surface area (Å²) in [5.74, 6) is -2.21. The van der Waals surface area contributed by atoms with Crippen LogP contribution in [0.4, 0.5) is 0 Å². The third-order valence-electron chi connectivity index (χ3n) is 4.70. The molecule has 2 aromatic carbocycles. The van der Waals surface area contributed by atoms with Gasteiger partial charge in [0.05, 0.1) is 25.4 Å². The number of carbonyl (C=O) groups is 3. The van der Waals surface area contributed by atoms with E-state index in [2.05, 4.69) is 29.6 Å². The normalized spacial score (nSPS) is 12.0. The molecule has 0 radical (unpaired) electrons. The molecule has 0 heterocycles. The van der Waals surface area contributed by atoms with E-state index in [1.807, 2.05) is 30.3 Å². The van der Waals surface area contributed by atoms with E-state index in [4.69, 9.17) is 9.47 Å². The maximum atomic E-state index is 12.7. The van der Waals surface area contributed by atoms with Gasteiger partial charge >= 0.3 is 11.9 Å². The molecule has 2 aromatic rings. The van der Waals surface area contributed by atoms with E-state index >= 15 is 0 Å². The van der Waals surface area contributed by atoms with Gasteiger partial charge in [0.25, 0.3) is 0 Å². The summed E-state index contributed by atoms with van der Waals surface area (Å²) >= 11 is 0. The van der Waals surface area contributed by atoms with E-state index < -0.39 is 23.5 Å². The Morgan fingerprint density at radius 3 is 2.06 bits per heavy atom. The van der Waals surface area contributed by atoms with Crippen LogP contribution in [-0.2, 0) is 30.3 Å². The fourth-order valence-corrected chi connectivity index (χ4v) is 3.23. The van der Waals surface area contributed by atoms with Crippen LogP contribution in [0.3, 0.4) is 0 Å². The molecule has 0 aromatic heterocycles. The number of rotatable bonds is 10. The standard InChI is InChI=1S/C26H33NO5/c1-5-31-23(28)17-22(18-24(29)32-26(2,3)4)25(30)27-16-15-19-11-13-21(14-12-19)20-9-7-6-8-10-20/h6-14,22H,5,15-18H2,1-4H3,(H,27,30). The third kappa shape index (κ3) is 8.92. The second-order valence-electron chi connectivity index (χ2n) is 8.60. The van der Waals surface area contributed by atoms with Crippen LogP contribution >= 0.6 is 0 Å². The van der Waals surface area contributed by atoms with Gasteiger partial charge in [0.15, 0.2) is 0 Å². The Morgan fingerprint density at radius 1 is 0.875 bits per heavy atom. The van der Waals surface area contributed by atoms with Gasteiger partial charge in [-0.05, 0) is 50.8 Å². The third-order valence-corrected chi connectivity index (χ3v) is 4.70. The summed E-state index contributed by atoms with van der Waals surface area (Å²) in [6, 6.07) is 18.3. The highest BCUT2D eigenvalue weighted by Gasteiger charge is 2.28. The van der Waals surface area contributed by atoms with E-state index in [9.17, 15) is 14.4 Å². The predicted molar refractivity (Wildman–Crippen MR) is 124 cm³/mol. The summed E-state index contributed by atoms with van der Waals surface area (Å²) in [5.41, 5.74) is 2.70. The number of carbonyl (C=O) groups excluding carboxylic acids is 3. The molecule has 1 amide bonds. The number of amides is 1. The molecule has 0 aliphatic heterocycles. The molecule has 0 bridgehead atoms. The topological polar surface area (TPSA) is 81.7 Å². The summed E-state index contributed by atoms with van der Waals surface area (Å²) in [6.07, 6.45) is 0.303. The molecule has 0 saturated carbocycles.